The van der Waals surface area contributed by atoms with E-state index < -0.39 is 0 Å². The molecule has 112 valence electrons. The van der Waals surface area contributed by atoms with Crippen molar-refractivity contribution in [3.63, 3.8) is 0 Å². The standard InChI is InChI=1S/C12H23N7O/c1-4-18(5-2)11-14-10(17-13)15-12(16-11)19-6-7-20-9(3)8-19/h9H,4-8,13H2,1-3H3,(H,14,15,16,17). The lowest BCUT2D eigenvalue weighted by molar-refractivity contribution is 0.0526. The highest BCUT2D eigenvalue weighted by atomic mass is 16.5. The first-order valence-electron chi connectivity index (χ1n) is 7.02. The first-order chi connectivity index (χ1) is 9.67. The molecule has 1 atom stereocenters. The predicted molar refractivity (Wildman–Crippen MR) is 78.8 cm³/mol. The van der Waals surface area contributed by atoms with Crippen molar-refractivity contribution in [1.82, 2.24) is 15.0 Å². The van der Waals surface area contributed by atoms with Crippen LogP contribution in [0.15, 0.2) is 0 Å². The van der Waals surface area contributed by atoms with E-state index in [4.69, 9.17) is 10.6 Å². The zero-order valence-corrected chi connectivity index (χ0v) is 12.3. The van der Waals surface area contributed by atoms with Crippen LogP contribution in [0.5, 0.6) is 0 Å². The monoisotopic (exact) mass is 281 g/mol. The number of nitrogens with two attached hydrogens (primary N) is 1. The van der Waals surface area contributed by atoms with Crippen LogP contribution < -0.4 is 21.1 Å². The number of aromatic nitrogens is 3. The van der Waals surface area contributed by atoms with E-state index in [0.717, 1.165) is 26.2 Å². The molecule has 0 spiro atoms. The first kappa shape index (κ1) is 14.7. The summed E-state index contributed by atoms with van der Waals surface area (Å²) in [4.78, 5) is 17.4. The van der Waals surface area contributed by atoms with Crippen LogP contribution in [0.3, 0.4) is 0 Å². The van der Waals surface area contributed by atoms with Gasteiger partial charge in [-0.2, -0.15) is 15.0 Å². The Morgan fingerprint density at radius 1 is 1.35 bits per heavy atom. The summed E-state index contributed by atoms with van der Waals surface area (Å²) in [6.07, 6.45) is 0.173. The van der Waals surface area contributed by atoms with Crippen LogP contribution in [0.1, 0.15) is 20.8 Å². The van der Waals surface area contributed by atoms with Gasteiger partial charge >= 0.3 is 0 Å². The summed E-state index contributed by atoms with van der Waals surface area (Å²) in [5.74, 6) is 7.14. The normalized spacial score (nSPS) is 19.0. The fourth-order valence-corrected chi connectivity index (χ4v) is 2.21. The third-order valence-electron chi connectivity index (χ3n) is 3.31. The van der Waals surface area contributed by atoms with Crippen molar-refractivity contribution in [3.05, 3.63) is 0 Å². The van der Waals surface area contributed by atoms with Crippen molar-refractivity contribution < 1.29 is 4.74 Å². The van der Waals surface area contributed by atoms with Crippen LogP contribution in [-0.2, 0) is 4.74 Å². The van der Waals surface area contributed by atoms with Crippen molar-refractivity contribution in [1.29, 1.82) is 0 Å². The van der Waals surface area contributed by atoms with Crippen LogP contribution >= 0.6 is 0 Å². The Morgan fingerprint density at radius 3 is 2.70 bits per heavy atom. The number of nitrogen functional groups attached to an aromatic ring is 1. The Hall–Kier alpha value is -1.67. The minimum atomic E-state index is 0.173. The van der Waals surface area contributed by atoms with E-state index in [-0.39, 0.29) is 6.10 Å². The lowest BCUT2D eigenvalue weighted by Crippen LogP contribution is -2.42. The molecule has 1 unspecified atom stereocenters. The van der Waals surface area contributed by atoms with E-state index >= 15 is 0 Å². The summed E-state index contributed by atoms with van der Waals surface area (Å²) in [6, 6.07) is 0. The van der Waals surface area contributed by atoms with Gasteiger partial charge in [-0.25, -0.2) is 5.84 Å². The number of hydrazine groups is 1. The maximum Gasteiger partial charge on any atom is 0.243 e. The van der Waals surface area contributed by atoms with Gasteiger partial charge in [-0.1, -0.05) is 0 Å². The number of nitrogens with one attached hydrogen (secondary N) is 1. The molecule has 0 amide bonds. The van der Waals surface area contributed by atoms with Crippen molar-refractivity contribution in [2.45, 2.75) is 26.9 Å². The summed E-state index contributed by atoms with van der Waals surface area (Å²) >= 11 is 0. The molecule has 0 aliphatic carbocycles. The Balaban J connectivity index is 2.29. The summed E-state index contributed by atoms with van der Waals surface area (Å²) in [7, 11) is 0. The van der Waals surface area contributed by atoms with Crippen molar-refractivity contribution in [2.75, 3.05) is 48.0 Å². The highest BCUT2D eigenvalue weighted by Crippen LogP contribution is 2.18. The average molecular weight is 281 g/mol. The second kappa shape index (κ2) is 6.67. The summed E-state index contributed by atoms with van der Waals surface area (Å²) in [5, 5.41) is 0. The molecule has 3 N–H and O–H groups in total. The van der Waals surface area contributed by atoms with Gasteiger partial charge in [-0.15, -0.1) is 0 Å². The van der Waals surface area contributed by atoms with Gasteiger partial charge in [0.05, 0.1) is 12.7 Å². The van der Waals surface area contributed by atoms with E-state index in [1.807, 2.05) is 6.92 Å². The molecule has 1 aliphatic heterocycles. The van der Waals surface area contributed by atoms with E-state index in [1.165, 1.54) is 0 Å². The van der Waals surface area contributed by atoms with Crippen LogP contribution in [0.2, 0.25) is 0 Å². The van der Waals surface area contributed by atoms with Crippen molar-refractivity contribution >= 4 is 17.8 Å². The molecule has 0 radical (unpaired) electrons. The highest BCUT2D eigenvalue weighted by molar-refractivity contribution is 5.45. The van der Waals surface area contributed by atoms with E-state index in [1.54, 1.807) is 0 Å². The lowest BCUT2D eigenvalue weighted by atomic mass is 10.3. The minimum absolute atomic E-state index is 0.173. The molecule has 0 saturated carbocycles. The Morgan fingerprint density at radius 2 is 2.10 bits per heavy atom. The number of anilines is 3. The second-order valence-corrected chi connectivity index (χ2v) is 4.70. The van der Waals surface area contributed by atoms with Crippen LogP contribution in [0, 0.1) is 0 Å². The zero-order chi connectivity index (χ0) is 14.5. The number of rotatable bonds is 5. The van der Waals surface area contributed by atoms with Gasteiger partial charge in [-0.05, 0) is 20.8 Å². The molecular formula is C12H23N7O. The predicted octanol–water partition coefficient (Wildman–Crippen LogP) is 0.229. The first-order valence-corrected chi connectivity index (χ1v) is 7.02. The highest BCUT2D eigenvalue weighted by Gasteiger charge is 2.21. The molecule has 0 bridgehead atoms. The van der Waals surface area contributed by atoms with E-state index in [2.05, 4.69) is 44.0 Å². The maximum atomic E-state index is 5.54. The summed E-state index contributed by atoms with van der Waals surface area (Å²) in [5.41, 5.74) is 2.51. The summed E-state index contributed by atoms with van der Waals surface area (Å²) in [6.45, 7) is 10.1. The molecule has 1 saturated heterocycles. The molecule has 1 aliphatic rings. The number of hydrogen-bond acceptors (Lipinski definition) is 8. The van der Waals surface area contributed by atoms with Gasteiger partial charge < -0.3 is 14.5 Å². The van der Waals surface area contributed by atoms with Gasteiger partial charge in [0.2, 0.25) is 17.8 Å². The van der Waals surface area contributed by atoms with Gasteiger partial charge in [0.25, 0.3) is 0 Å². The number of ether oxygens (including phenoxy) is 1. The Labute approximate surface area is 119 Å². The molecule has 0 aromatic carbocycles. The largest absolute Gasteiger partial charge is 0.375 e. The molecule has 1 aromatic heterocycles. The van der Waals surface area contributed by atoms with Crippen molar-refractivity contribution in [3.8, 4) is 0 Å². The molecule has 2 rings (SSSR count). The van der Waals surface area contributed by atoms with Gasteiger partial charge in [0.15, 0.2) is 0 Å². The molecule has 20 heavy (non-hydrogen) atoms. The van der Waals surface area contributed by atoms with E-state index in [9.17, 15) is 0 Å². The van der Waals surface area contributed by atoms with Gasteiger partial charge in [0.1, 0.15) is 0 Å². The molecule has 2 heterocycles. The molecular weight excluding hydrogens is 258 g/mol. The van der Waals surface area contributed by atoms with Crippen LogP contribution in [-0.4, -0.2) is 53.8 Å². The minimum Gasteiger partial charge on any atom is -0.375 e. The fraction of sp³-hybridized carbons (Fsp3) is 0.750. The number of morpholine rings is 1. The quantitative estimate of drug-likeness (QED) is 0.585. The Bertz CT molecular complexity index is 438. The Kier molecular flexibility index (Phi) is 4.91. The smallest absolute Gasteiger partial charge is 0.243 e. The van der Waals surface area contributed by atoms with Gasteiger partial charge in [0, 0.05) is 26.2 Å². The molecule has 8 nitrogen and oxygen atoms in total. The summed E-state index contributed by atoms with van der Waals surface area (Å²) < 4.78 is 5.54. The third kappa shape index (κ3) is 3.26. The molecule has 1 fully saturated rings. The fourth-order valence-electron chi connectivity index (χ4n) is 2.21. The van der Waals surface area contributed by atoms with Crippen molar-refractivity contribution in [2.24, 2.45) is 5.84 Å². The third-order valence-corrected chi connectivity index (χ3v) is 3.31. The van der Waals surface area contributed by atoms with Crippen LogP contribution in [0.4, 0.5) is 17.8 Å². The SMILES string of the molecule is CCN(CC)c1nc(NN)nc(N2CCOC(C)C2)n1. The number of hydrogen-bond donors (Lipinski definition) is 2. The number of nitrogens with zero attached hydrogens (tertiary/aromatic N) is 5. The second-order valence-electron chi connectivity index (χ2n) is 4.70. The lowest BCUT2D eigenvalue weighted by Gasteiger charge is -2.31. The average Bonchev–Trinajstić information content (AvgIpc) is 2.48. The van der Waals surface area contributed by atoms with Gasteiger partial charge in [-0.3, -0.25) is 5.43 Å². The topological polar surface area (TPSA) is 92.4 Å². The van der Waals surface area contributed by atoms with E-state index in [0.29, 0.717) is 24.5 Å². The maximum absolute atomic E-state index is 5.54. The van der Waals surface area contributed by atoms with Crippen LogP contribution in [0.25, 0.3) is 0 Å². The molecule has 1 aromatic rings. The zero-order valence-electron chi connectivity index (χ0n) is 12.3. The molecule has 8 heteroatoms.